The van der Waals surface area contributed by atoms with Gasteiger partial charge in [-0.1, -0.05) is 83.1 Å². The van der Waals surface area contributed by atoms with Crippen LogP contribution in [0.25, 0.3) is 22.5 Å². The molecule has 1 fully saturated rings. The summed E-state index contributed by atoms with van der Waals surface area (Å²) in [5.74, 6) is 1.64. The van der Waals surface area contributed by atoms with Crippen molar-refractivity contribution in [2.24, 2.45) is 5.16 Å². The average molecular weight is 475 g/mol. The summed E-state index contributed by atoms with van der Waals surface area (Å²) in [6.45, 7) is 4.25. The number of oxime groups is 1. The van der Waals surface area contributed by atoms with Crippen molar-refractivity contribution in [3.63, 3.8) is 0 Å². The van der Waals surface area contributed by atoms with Crippen LogP contribution in [-0.2, 0) is 11.4 Å². The number of nitrogens with one attached hydrogen (secondary N) is 1. The Morgan fingerprint density at radius 2 is 1.79 bits per heavy atom. The maximum absolute atomic E-state index is 5.64. The second-order valence-electron chi connectivity index (χ2n) is 8.24. The first-order valence-electron chi connectivity index (χ1n) is 11.2. The van der Waals surface area contributed by atoms with Crippen molar-refractivity contribution in [3.8, 4) is 22.5 Å². The fourth-order valence-electron chi connectivity index (χ4n) is 3.97. The highest BCUT2D eigenvalue weighted by molar-refractivity contribution is 5.98. The average Bonchev–Trinajstić information content (AvgIpc) is 3.57. The van der Waals surface area contributed by atoms with E-state index in [2.05, 4.69) is 44.9 Å². The molecular weight excluding hydrogens is 448 g/mol. The van der Waals surface area contributed by atoms with Crippen LogP contribution in [0, 0.1) is 0 Å². The van der Waals surface area contributed by atoms with Crippen molar-refractivity contribution >= 4 is 18.1 Å². The van der Waals surface area contributed by atoms with Gasteiger partial charge in [0.2, 0.25) is 11.7 Å². The van der Waals surface area contributed by atoms with Crippen LogP contribution >= 0.6 is 12.4 Å². The van der Waals surface area contributed by atoms with Crippen molar-refractivity contribution in [1.29, 1.82) is 0 Å². The standard InChI is InChI=1S/C27H26N4O2.ClH/c1-19(30-32-18-20-6-5-9-24(16-20)22-7-3-2-4-8-22)21-10-12-23(13-11-21)26-29-27(33-31-26)25-14-15-28-17-25;/h2-13,16,25,28H,14-15,17-18H2,1H3;1H/b30-19+;/t25-;/m1./s1. The SMILES string of the molecule is C/C(=N\OCc1cccc(-c2ccccc2)c1)c1ccc(-c2noc([C@@H]3CCNC3)n2)cc1.Cl. The third-order valence-corrected chi connectivity index (χ3v) is 5.88. The van der Waals surface area contributed by atoms with Crippen LogP contribution in [0.15, 0.2) is 88.5 Å². The largest absolute Gasteiger partial charge is 0.391 e. The van der Waals surface area contributed by atoms with Crippen molar-refractivity contribution in [2.45, 2.75) is 25.9 Å². The lowest BCUT2D eigenvalue weighted by molar-refractivity contribution is 0.130. The summed E-state index contributed by atoms with van der Waals surface area (Å²) in [7, 11) is 0. The predicted octanol–water partition coefficient (Wildman–Crippen LogP) is 5.84. The Kier molecular flexibility index (Phi) is 7.72. The van der Waals surface area contributed by atoms with E-state index in [0.717, 1.165) is 41.9 Å². The van der Waals surface area contributed by atoms with E-state index < -0.39 is 0 Å². The highest BCUT2D eigenvalue weighted by atomic mass is 35.5. The molecule has 0 spiro atoms. The Morgan fingerprint density at radius 3 is 2.56 bits per heavy atom. The number of aromatic nitrogens is 2. The second kappa shape index (κ2) is 11.1. The van der Waals surface area contributed by atoms with Gasteiger partial charge in [0.25, 0.3) is 0 Å². The minimum absolute atomic E-state index is 0. The number of hydrogen-bond donors (Lipinski definition) is 1. The fraction of sp³-hybridized carbons (Fsp3) is 0.222. The topological polar surface area (TPSA) is 72.5 Å². The number of rotatable bonds is 7. The molecule has 0 unspecified atom stereocenters. The van der Waals surface area contributed by atoms with Crippen molar-refractivity contribution < 1.29 is 9.36 Å². The quantitative estimate of drug-likeness (QED) is 0.269. The van der Waals surface area contributed by atoms with E-state index in [1.807, 2.05) is 61.5 Å². The zero-order chi connectivity index (χ0) is 22.5. The third-order valence-electron chi connectivity index (χ3n) is 5.88. The molecule has 34 heavy (non-hydrogen) atoms. The first-order chi connectivity index (χ1) is 16.3. The van der Waals surface area contributed by atoms with Crippen LogP contribution in [0.2, 0.25) is 0 Å². The minimum Gasteiger partial charge on any atom is -0.391 e. The molecule has 4 aromatic rings. The molecule has 5 rings (SSSR count). The monoisotopic (exact) mass is 474 g/mol. The molecule has 1 atom stereocenters. The number of nitrogens with zero attached hydrogens (tertiary/aromatic N) is 3. The van der Waals surface area contributed by atoms with Crippen LogP contribution < -0.4 is 5.32 Å². The van der Waals surface area contributed by atoms with Crippen LogP contribution in [0.3, 0.4) is 0 Å². The summed E-state index contributed by atoms with van der Waals surface area (Å²) in [5.41, 5.74) is 6.15. The summed E-state index contributed by atoms with van der Waals surface area (Å²) < 4.78 is 5.47. The molecule has 0 bridgehead atoms. The Hall–Kier alpha value is -3.48. The molecule has 174 valence electrons. The van der Waals surface area contributed by atoms with Gasteiger partial charge in [0.1, 0.15) is 6.61 Å². The first kappa shape index (κ1) is 23.7. The van der Waals surface area contributed by atoms with Gasteiger partial charge in [0, 0.05) is 12.1 Å². The molecule has 1 aliphatic heterocycles. The van der Waals surface area contributed by atoms with Gasteiger partial charge in [-0.25, -0.2) is 0 Å². The molecule has 0 radical (unpaired) electrons. The van der Waals surface area contributed by atoms with Gasteiger partial charge >= 0.3 is 0 Å². The summed E-state index contributed by atoms with van der Waals surface area (Å²) >= 11 is 0. The molecule has 3 aromatic carbocycles. The number of hydrogen-bond acceptors (Lipinski definition) is 6. The van der Waals surface area contributed by atoms with Gasteiger partial charge in [0.05, 0.1) is 11.6 Å². The summed E-state index contributed by atoms with van der Waals surface area (Å²) in [6.07, 6.45) is 1.03. The molecule has 1 N–H and O–H groups in total. The molecule has 0 amide bonds. The van der Waals surface area contributed by atoms with E-state index in [4.69, 9.17) is 9.36 Å². The van der Waals surface area contributed by atoms with Crippen LogP contribution in [0.4, 0.5) is 0 Å². The summed E-state index contributed by atoms with van der Waals surface area (Å²) in [6, 6.07) is 26.6. The Bertz CT molecular complexity index is 1230. The van der Waals surface area contributed by atoms with Crippen LogP contribution in [0.1, 0.15) is 36.3 Å². The maximum Gasteiger partial charge on any atom is 0.231 e. The predicted molar refractivity (Wildman–Crippen MR) is 136 cm³/mol. The number of benzene rings is 3. The molecule has 1 aromatic heterocycles. The van der Waals surface area contributed by atoms with Gasteiger partial charge in [-0.2, -0.15) is 4.98 Å². The maximum atomic E-state index is 5.64. The Morgan fingerprint density at radius 1 is 1.00 bits per heavy atom. The molecule has 6 nitrogen and oxygen atoms in total. The molecule has 1 aliphatic rings. The third kappa shape index (κ3) is 5.53. The van der Waals surface area contributed by atoms with Crippen LogP contribution in [-0.4, -0.2) is 28.9 Å². The van der Waals surface area contributed by atoms with E-state index in [1.54, 1.807) is 0 Å². The lowest BCUT2D eigenvalue weighted by Crippen LogP contribution is -2.08. The van der Waals surface area contributed by atoms with Gasteiger partial charge in [-0.15, -0.1) is 12.4 Å². The van der Waals surface area contributed by atoms with Crippen molar-refractivity contribution in [2.75, 3.05) is 13.1 Å². The molecular formula is C27H27ClN4O2. The highest BCUT2D eigenvalue weighted by Crippen LogP contribution is 2.24. The Labute approximate surface area is 205 Å². The fourth-order valence-corrected chi connectivity index (χ4v) is 3.97. The summed E-state index contributed by atoms with van der Waals surface area (Å²) in [5, 5.41) is 11.8. The summed E-state index contributed by atoms with van der Waals surface area (Å²) in [4.78, 5) is 10.2. The molecule has 1 saturated heterocycles. The van der Waals surface area contributed by atoms with E-state index in [-0.39, 0.29) is 12.4 Å². The minimum atomic E-state index is 0. The first-order valence-corrected chi connectivity index (χ1v) is 11.2. The van der Waals surface area contributed by atoms with Gasteiger partial charge < -0.3 is 14.7 Å². The van der Waals surface area contributed by atoms with Crippen LogP contribution in [0.5, 0.6) is 0 Å². The lowest BCUT2D eigenvalue weighted by Gasteiger charge is -2.06. The second-order valence-corrected chi connectivity index (χ2v) is 8.24. The van der Waals surface area contributed by atoms with Crippen molar-refractivity contribution in [3.05, 3.63) is 95.9 Å². The van der Waals surface area contributed by atoms with E-state index in [0.29, 0.717) is 24.2 Å². The zero-order valence-corrected chi connectivity index (χ0v) is 19.8. The highest BCUT2D eigenvalue weighted by Gasteiger charge is 2.23. The molecule has 7 heteroatoms. The normalized spacial score (nSPS) is 15.7. The Balaban J connectivity index is 0.00000274. The van der Waals surface area contributed by atoms with E-state index in [9.17, 15) is 0 Å². The molecule has 0 aliphatic carbocycles. The molecule has 2 heterocycles. The van der Waals surface area contributed by atoms with Gasteiger partial charge in [-0.05, 0) is 48.2 Å². The smallest absolute Gasteiger partial charge is 0.231 e. The molecule has 0 saturated carbocycles. The van der Waals surface area contributed by atoms with E-state index in [1.165, 1.54) is 11.1 Å². The van der Waals surface area contributed by atoms with Gasteiger partial charge in [-0.3, -0.25) is 0 Å². The number of halogens is 1. The van der Waals surface area contributed by atoms with Gasteiger partial charge in [0.15, 0.2) is 0 Å². The zero-order valence-electron chi connectivity index (χ0n) is 19.0. The van der Waals surface area contributed by atoms with E-state index >= 15 is 0 Å². The lowest BCUT2D eigenvalue weighted by atomic mass is 10.0. The van der Waals surface area contributed by atoms with Crippen molar-refractivity contribution in [1.82, 2.24) is 15.5 Å².